The number of anilines is 1. The molecule has 1 amide bonds. The van der Waals surface area contributed by atoms with Crippen molar-refractivity contribution in [3.05, 3.63) is 47.2 Å². The second kappa shape index (κ2) is 5.32. The van der Waals surface area contributed by atoms with Crippen LogP contribution < -0.4 is 5.32 Å². The molecule has 1 saturated carbocycles. The van der Waals surface area contributed by atoms with Gasteiger partial charge in [0.05, 0.1) is 5.69 Å². The molecule has 1 aliphatic carbocycles. The minimum Gasteiger partial charge on any atom is -0.298 e. The molecule has 2 aromatic heterocycles. The van der Waals surface area contributed by atoms with E-state index in [2.05, 4.69) is 15.3 Å². The lowest BCUT2D eigenvalue weighted by molar-refractivity contribution is -0.111. The first-order valence-corrected chi connectivity index (χ1v) is 7.04. The summed E-state index contributed by atoms with van der Waals surface area (Å²) in [6.07, 6.45) is 9.08. The van der Waals surface area contributed by atoms with Crippen molar-refractivity contribution < 1.29 is 4.79 Å². The molecule has 1 N–H and O–H groups in total. The van der Waals surface area contributed by atoms with E-state index in [1.165, 1.54) is 30.3 Å². The summed E-state index contributed by atoms with van der Waals surface area (Å²) >= 11 is 1.48. The molecular formula is C14H13N3OS. The van der Waals surface area contributed by atoms with Gasteiger partial charge in [0.15, 0.2) is 5.13 Å². The Morgan fingerprint density at radius 3 is 3.11 bits per heavy atom. The molecule has 0 atom stereocenters. The predicted octanol–water partition coefficient (Wildman–Crippen LogP) is 3.07. The minimum atomic E-state index is -0.166. The van der Waals surface area contributed by atoms with Gasteiger partial charge >= 0.3 is 0 Å². The number of amides is 1. The van der Waals surface area contributed by atoms with E-state index in [4.69, 9.17) is 0 Å². The fourth-order valence-corrected chi connectivity index (χ4v) is 2.50. The number of carbonyl (C=O) groups excluding carboxylic acids is 1. The maximum atomic E-state index is 11.7. The van der Waals surface area contributed by atoms with E-state index < -0.39 is 0 Å². The molecule has 0 spiro atoms. The minimum absolute atomic E-state index is 0.166. The third-order valence-electron chi connectivity index (χ3n) is 2.86. The van der Waals surface area contributed by atoms with Crippen LogP contribution in [0, 0.1) is 0 Å². The normalized spacial score (nSPS) is 14.7. The summed E-state index contributed by atoms with van der Waals surface area (Å²) in [5.74, 6) is 0.452. The third kappa shape index (κ3) is 3.26. The number of thiazole rings is 1. The van der Waals surface area contributed by atoms with Crippen molar-refractivity contribution in [1.29, 1.82) is 0 Å². The monoisotopic (exact) mass is 271 g/mol. The summed E-state index contributed by atoms with van der Waals surface area (Å²) in [6.45, 7) is 0. The third-order valence-corrected chi connectivity index (χ3v) is 3.64. The molecule has 5 heteroatoms. The maximum Gasteiger partial charge on any atom is 0.250 e. The number of aromatic nitrogens is 2. The summed E-state index contributed by atoms with van der Waals surface area (Å²) in [7, 11) is 0. The number of nitrogens with zero attached hydrogens (tertiary/aromatic N) is 2. The first-order chi connectivity index (χ1) is 9.31. The van der Waals surface area contributed by atoms with Gasteiger partial charge in [0.25, 0.3) is 0 Å². The first kappa shape index (κ1) is 12.0. The zero-order valence-electron chi connectivity index (χ0n) is 10.2. The van der Waals surface area contributed by atoms with Gasteiger partial charge in [-0.1, -0.05) is 6.07 Å². The Kier molecular flexibility index (Phi) is 3.37. The summed E-state index contributed by atoms with van der Waals surface area (Å²) in [6, 6.07) is 3.73. The van der Waals surface area contributed by atoms with E-state index in [1.807, 2.05) is 17.5 Å². The number of pyridine rings is 1. The Morgan fingerprint density at radius 2 is 2.37 bits per heavy atom. The second-order valence-electron chi connectivity index (χ2n) is 4.46. The van der Waals surface area contributed by atoms with Gasteiger partial charge in [0.1, 0.15) is 0 Å². The highest BCUT2D eigenvalue weighted by Crippen LogP contribution is 2.40. The van der Waals surface area contributed by atoms with E-state index >= 15 is 0 Å². The van der Waals surface area contributed by atoms with Crippen LogP contribution >= 0.6 is 11.3 Å². The molecule has 4 nitrogen and oxygen atoms in total. The first-order valence-electron chi connectivity index (χ1n) is 6.16. The van der Waals surface area contributed by atoms with Crippen molar-refractivity contribution in [2.75, 3.05) is 5.32 Å². The van der Waals surface area contributed by atoms with Crippen molar-refractivity contribution in [3.63, 3.8) is 0 Å². The summed E-state index contributed by atoms with van der Waals surface area (Å²) in [5, 5.41) is 5.47. The number of rotatable bonds is 4. The van der Waals surface area contributed by atoms with Crippen LogP contribution in [-0.2, 0) is 4.79 Å². The second-order valence-corrected chi connectivity index (χ2v) is 5.32. The molecule has 0 aromatic carbocycles. The maximum absolute atomic E-state index is 11.7. The van der Waals surface area contributed by atoms with Gasteiger partial charge in [-0.3, -0.25) is 15.1 Å². The zero-order valence-corrected chi connectivity index (χ0v) is 11.1. The zero-order chi connectivity index (χ0) is 13.1. The van der Waals surface area contributed by atoms with Crippen molar-refractivity contribution in [1.82, 2.24) is 9.97 Å². The molecule has 0 bridgehead atoms. The van der Waals surface area contributed by atoms with Crippen LogP contribution in [0.1, 0.15) is 30.0 Å². The molecule has 19 heavy (non-hydrogen) atoms. The number of hydrogen-bond donors (Lipinski definition) is 1. The standard InChI is InChI=1S/C14H13N3OS/c18-13(6-3-10-2-1-7-15-8-10)17-14-16-12(9-19-14)11-4-5-11/h1-3,6-9,11H,4-5H2,(H,16,17,18). The summed E-state index contributed by atoms with van der Waals surface area (Å²) < 4.78 is 0. The molecule has 2 heterocycles. The highest BCUT2D eigenvalue weighted by atomic mass is 32.1. The van der Waals surface area contributed by atoms with E-state index in [1.54, 1.807) is 18.5 Å². The number of nitrogens with one attached hydrogen (secondary N) is 1. The summed E-state index contributed by atoms with van der Waals surface area (Å²) in [5.41, 5.74) is 2.01. The molecule has 1 fully saturated rings. The average molecular weight is 271 g/mol. The lowest BCUT2D eigenvalue weighted by Gasteiger charge is -1.96. The van der Waals surface area contributed by atoms with Crippen LogP contribution in [0.5, 0.6) is 0 Å². The lowest BCUT2D eigenvalue weighted by Crippen LogP contribution is -2.07. The van der Waals surface area contributed by atoms with Crippen LogP contribution in [0.15, 0.2) is 36.0 Å². The molecule has 0 saturated heterocycles. The molecule has 96 valence electrons. The van der Waals surface area contributed by atoms with Crippen molar-refractivity contribution in [2.24, 2.45) is 0 Å². The highest BCUT2D eigenvalue weighted by Gasteiger charge is 2.26. The van der Waals surface area contributed by atoms with Gasteiger partial charge in [-0.05, 0) is 30.5 Å². The Balaban J connectivity index is 1.59. The van der Waals surface area contributed by atoms with Gasteiger partial charge in [-0.2, -0.15) is 0 Å². The topological polar surface area (TPSA) is 54.9 Å². The van der Waals surface area contributed by atoms with E-state index in [-0.39, 0.29) is 5.91 Å². The molecule has 0 unspecified atom stereocenters. The number of carbonyl (C=O) groups is 1. The highest BCUT2D eigenvalue weighted by molar-refractivity contribution is 7.14. The van der Waals surface area contributed by atoms with Gasteiger partial charge in [-0.15, -0.1) is 11.3 Å². The molecule has 0 aliphatic heterocycles. The van der Waals surface area contributed by atoms with Gasteiger partial charge in [0, 0.05) is 29.8 Å². The quantitative estimate of drug-likeness (QED) is 0.869. The summed E-state index contributed by atoms with van der Waals surface area (Å²) in [4.78, 5) is 20.1. The number of hydrogen-bond acceptors (Lipinski definition) is 4. The Bertz CT molecular complexity index is 602. The molecule has 0 radical (unpaired) electrons. The molecule has 1 aliphatic rings. The largest absolute Gasteiger partial charge is 0.298 e. The van der Waals surface area contributed by atoms with Crippen LogP contribution in [0.4, 0.5) is 5.13 Å². The van der Waals surface area contributed by atoms with E-state index in [0.717, 1.165) is 11.3 Å². The fourth-order valence-electron chi connectivity index (χ4n) is 1.70. The predicted molar refractivity (Wildman–Crippen MR) is 76.0 cm³/mol. The van der Waals surface area contributed by atoms with E-state index in [9.17, 15) is 4.79 Å². The van der Waals surface area contributed by atoms with Crippen molar-refractivity contribution in [3.8, 4) is 0 Å². The Hall–Kier alpha value is -2.01. The molecule has 2 aromatic rings. The van der Waals surface area contributed by atoms with Gasteiger partial charge < -0.3 is 0 Å². The van der Waals surface area contributed by atoms with Crippen LogP contribution in [0.3, 0.4) is 0 Å². The molecule has 3 rings (SSSR count). The van der Waals surface area contributed by atoms with Crippen LogP contribution in [0.25, 0.3) is 6.08 Å². The Morgan fingerprint density at radius 1 is 1.47 bits per heavy atom. The fraction of sp³-hybridized carbons (Fsp3) is 0.214. The van der Waals surface area contributed by atoms with Crippen LogP contribution in [0.2, 0.25) is 0 Å². The van der Waals surface area contributed by atoms with E-state index in [0.29, 0.717) is 11.0 Å². The lowest BCUT2D eigenvalue weighted by atomic mass is 10.2. The van der Waals surface area contributed by atoms with Crippen molar-refractivity contribution in [2.45, 2.75) is 18.8 Å². The SMILES string of the molecule is O=C(C=Cc1cccnc1)Nc1nc(C2CC2)cs1. The Labute approximate surface area is 115 Å². The van der Waals surface area contributed by atoms with Crippen molar-refractivity contribution >= 4 is 28.5 Å². The molecular weight excluding hydrogens is 258 g/mol. The van der Waals surface area contributed by atoms with Gasteiger partial charge in [-0.25, -0.2) is 4.98 Å². The van der Waals surface area contributed by atoms with Gasteiger partial charge in [0.2, 0.25) is 5.91 Å². The van der Waals surface area contributed by atoms with Crippen LogP contribution in [-0.4, -0.2) is 15.9 Å². The smallest absolute Gasteiger partial charge is 0.250 e. The average Bonchev–Trinajstić information content (AvgIpc) is 3.19.